The number of aromatic amines is 2. The second-order valence-corrected chi connectivity index (χ2v) is 2.25. The van der Waals surface area contributed by atoms with E-state index in [0.29, 0.717) is 5.82 Å². The summed E-state index contributed by atoms with van der Waals surface area (Å²) in [5.74, 6) is 0.643. The van der Waals surface area contributed by atoms with Gasteiger partial charge in [-0.25, -0.2) is 5.10 Å². The standard InChI is InChI=1S/C7H7N5/c1-2-6(8-5-1)3-4-7-9-11-12-10-7/h1-5,8H,(H,9,10,11,12). The van der Waals surface area contributed by atoms with Crippen molar-refractivity contribution in [1.82, 2.24) is 25.6 Å². The van der Waals surface area contributed by atoms with Crippen LogP contribution in [0.5, 0.6) is 0 Å². The molecule has 0 radical (unpaired) electrons. The molecule has 2 heterocycles. The van der Waals surface area contributed by atoms with E-state index in [1.54, 1.807) is 6.08 Å². The molecule has 2 rings (SSSR count). The highest BCUT2D eigenvalue weighted by molar-refractivity contribution is 5.64. The minimum Gasteiger partial charge on any atom is -0.362 e. The molecule has 0 atom stereocenters. The van der Waals surface area contributed by atoms with Gasteiger partial charge < -0.3 is 4.98 Å². The van der Waals surface area contributed by atoms with Crippen molar-refractivity contribution in [3.63, 3.8) is 0 Å². The lowest BCUT2D eigenvalue weighted by Crippen LogP contribution is -1.74. The number of hydrogen-bond acceptors (Lipinski definition) is 3. The lowest BCUT2D eigenvalue weighted by atomic mass is 10.4. The normalized spacial score (nSPS) is 11.0. The van der Waals surface area contributed by atoms with Gasteiger partial charge in [0.05, 0.1) is 0 Å². The Labute approximate surface area is 68.5 Å². The van der Waals surface area contributed by atoms with E-state index in [-0.39, 0.29) is 0 Å². The largest absolute Gasteiger partial charge is 0.362 e. The maximum Gasteiger partial charge on any atom is 0.172 e. The van der Waals surface area contributed by atoms with Gasteiger partial charge in [0.2, 0.25) is 0 Å². The molecule has 0 saturated heterocycles. The van der Waals surface area contributed by atoms with Crippen molar-refractivity contribution < 1.29 is 0 Å². The Hall–Kier alpha value is -1.91. The minimum absolute atomic E-state index is 0.643. The van der Waals surface area contributed by atoms with Gasteiger partial charge in [-0.2, -0.15) is 0 Å². The second-order valence-electron chi connectivity index (χ2n) is 2.25. The predicted octanol–water partition coefficient (Wildman–Crippen LogP) is 0.698. The van der Waals surface area contributed by atoms with Crippen LogP contribution in [0.3, 0.4) is 0 Å². The molecule has 0 spiro atoms. The molecule has 0 aliphatic carbocycles. The quantitative estimate of drug-likeness (QED) is 0.681. The lowest BCUT2D eigenvalue weighted by molar-refractivity contribution is 0.881. The molecule has 2 aromatic rings. The summed E-state index contributed by atoms with van der Waals surface area (Å²) in [6.07, 6.45) is 5.55. The van der Waals surface area contributed by atoms with Crippen LogP contribution in [0, 0.1) is 0 Å². The van der Waals surface area contributed by atoms with Crippen LogP contribution in [0.1, 0.15) is 11.5 Å². The smallest absolute Gasteiger partial charge is 0.172 e. The first-order valence-corrected chi connectivity index (χ1v) is 3.50. The number of nitrogens with one attached hydrogen (secondary N) is 2. The molecular weight excluding hydrogens is 154 g/mol. The lowest BCUT2D eigenvalue weighted by Gasteiger charge is -1.81. The van der Waals surface area contributed by atoms with Crippen LogP contribution in [0.2, 0.25) is 0 Å². The van der Waals surface area contributed by atoms with E-state index in [2.05, 4.69) is 25.6 Å². The molecule has 0 aromatic carbocycles. The number of nitrogens with zero attached hydrogens (tertiary/aromatic N) is 3. The molecular formula is C7H7N5. The average Bonchev–Trinajstić information content (AvgIpc) is 2.74. The minimum atomic E-state index is 0.643. The SMILES string of the molecule is C(=Cc1nnn[nH]1)c1ccc[nH]1. The summed E-state index contributed by atoms with van der Waals surface area (Å²) >= 11 is 0. The fraction of sp³-hybridized carbons (Fsp3) is 0. The third-order valence-corrected chi connectivity index (χ3v) is 1.40. The van der Waals surface area contributed by atoms with Gasteiger partial charge in [-0.1, -0.05) is 0 Å². The molecule has 12 heavy (non-hydrogen) atoms. The molecule has 0 saturated carbocycles. The number of tetrazole rings is 1. The second kappa shape index (κ2) is 3.00. The van der Waals surface area contributed by atoms with E-state index < -0.39 is 0 Å². The molecule has 5 nitrogen and oxygen atoms in total. The van der Waals surface area contributed by atoms with Gasteiger partial charge in [-0.3, -0.25) is 0 Å². The zero-order chi connectivity index (χ0) is 8.23. The molecule has 0 amide bonds. The van der Waals surface area contributed by atoms with Gasteiger partial charge >= 0.3 is 0 Å². The maximum atomic E-state index is 3.70. The molecule has 2 aromatic heterocycles. The molecule has 0 bridgehead atoms. The third kappa shape index (κ3) is 1.39. The predicted molar refractivity (Wildman–Crippen MR) is 43.9 cm³/mol. The summed E-state index contributed by atoms with van der Waals surface area (Å²) in [7, 11) is 0. The fourth-order valence-electron chi connectivity index (χ4n) is 0.854. The monoisotopic (exact) mass is 161 g/mol. The zero-order valence-corrected chi connectivity index (χ0v) is 6.23. The Morgan fingerprint density at radius 3 is 3.00 bits per heavy atom. The Morgan fingerprint density at radius 2 is 2.33 bits per heavy atom. The molecule has 5 heteroatoms. The van der Waals surface area contributed by atoms with Gasteiger partial charge in [-0.05, 0) is 34.7 Å². The van der Waals surface area contributed by atoms with Crippen molar-refractivity contribution in [2.45, 2.75) is 0 Å². The Morgan fingerprint density at radius 1 is 1.33 bits per heavy atom. The van der Waals surface area contributed by atoms with Crippen molar-refractivity contribution in [1.29, 1.82) is 0 Å². The van der Waals surface area contributed by atoms with E-state index in [1.807, 2.05) is 24.4 Å². The number of H-pyrrole nitrogens is 2. The Balaban J connectivity index is 2.14. The van der Waals surface area contributed by atoms with E-state index in [4.69, 9.17) is 0 Å². The Bertz CT molecular complexity index is 309. The van der Waals surface area contributed by atoms with Crippen LogP contribution in [0.25, 0.3) is 12.2 Å². The topological polar surface area (TPSA) is 70.2 Å². The molecule has 0 aliphatic rings. The van der Waals surface area contributed by atoms with Crippen molar-refractivity contribution in [3.8, 4) is 0 Å². The van der Waals surface area contributed by atoms with Crippen molar-refractivity contribution in [2.24, 2.45) is 0 Å². The fourth-order valence-corrected chi connectivity index (χ4v) is 0.854. The highest BCUT2D eigenvalue weighted by Gasteiger charge is 1.88. The first-order chi connectivity index (χ1) is 5.95. The number of aromatic nitrogens is 5. The first-order valence-electron chi connectivity index (χ1n) is 3.50. The van der Waals surface area contributed by atoms with Crippen LogP contribution in [0.15, 0.2) is 18.3 Å². The van der Waals surface area contributed by atoms with Crippen LogP contribution in [-0.4, -0.2) is 25.6 Å². The molecule has 0 unspecified atom stereocenters. The summed E-state index contributed by atoms with van der Waals surface area (Å²) in [4.78, 5) is 3.03. The van der Waals surface area contributed by atoms with E-state index >= 15 is 0 Å². The van der Waals surface area contributed by atoms with Crippen LogP contribution in [-0.2, 0) is 0 Å². The highest BCUT2D eigenvalue weighted by Crippen LogP contribution is 1.99. The van der Waals surface area contributed by atoms with Gasteiger partial charge in [0.1, 0.15) is 0 Å². The molecule has 0 aliphatic heterocycles. The van der Waals surface area contributed by atoms with Crippen LogP contribution in [0.4, 0.5) is 0 Å². The van der Waals surface area contributed by atoms with Gasteiger partial charge in [-0.15, -0.1) is 5.10 Å². The third-order valence-electron chi connectivity index (χ3n) is 1.40. The van der Waals surface area contributed by atoms with Crippen LogP contribution >= 0.6 is 0 Å². The molecule has 2 N–H and O–H groups in total. The van der Waals surface area contributed by atoms with E-state index in [1.165, 1.54) is 0 Å². The molecule has 60 valence electrons. The summed E-state index contributed by atoms with van der Waals surface area (Å²) in [5, 5.41) is 13.2. The van der Waals surface area contributed by atoms with E-state index in [0.717, 1.165) is 5.69 Å². The number of rotatable bonds is 2. The summed E-state index contributed by atoms with van der Waals surface area (Å²) < 4.78 is 0. The zero-order valence-electron chi connectivity index (χ0n) is 6.23. The van der Waals surface area contributed by atoms with Gasteiger partial charge in [0.25, 0.3) is 0 Å². The summed E-state index contributed by atoms with van der Waals surface area (Å²) in [5.41, 5.74) is 1.02. The van der Waals surface area contributed by atoms with Crippen LogP contribution < -0.4 is 0 Å². The highest BCUT2D eigenvalue weighted by atomic mass is 15.5. The van der Waals surface area contributed by atoms with Gasteiger partial charge in [0, 0.05) is 11.9 Å². The molecule has 0 fully saturated rings. The Kier molecular flexibility index (Phi) is 1.69. The summed E-state index contributed by atoms with van der Waals surface area (Å²) in [6, 6.07) is 3.89. The maximum absolute atomic E-state index is 3.70. The van der Waals surface area contributed by atoms with Crippen molar-refractivity contribution in [2.75, 3.05) is 0 Å². The van der Waals surface area contributed by atoms with E-state index in [9.17, 15) is 0 Å². The average molecular weight is 161 g/mol. The van der Waals surface area contributed by atoms with Crippen molar-refractivity contribution in [3.05, 3.63) is 29.8 Å². The summed E-state index contributed by atoms with van der Waals surface area (Å²) in [6.45, 7) is 0. The first kappa shape index (κ1) is 6.78. The number of hydrogen-bond donors (Lipinski definition) is 2. The van der Waals surface area contributed by atoms with Crippen molar-refractivity contribution >= 4 is 12.2 Å². The van der Waals surface area contributed by atoms with Gasteiger partial charge in [0.15, 0.2) is 5.82 Å².